The number of aliphatic carboxylic acids is 1. The van der Waals surface area contributed by atoms with Gasteiger partial charge >= 0.3 is 5.97 Å². The molecule has 0 spiro atoms. The number of rotatable bonds is 2. The Hall–Kier alpha value is -1.10. The maximum atomic E-state index is 12.2. The van der Waals surface area contributed by atoms with E-state index in [2.05, 4.69) is 0 Å². The largest absolute Gasteiger partial charge is 0.481 e. The highest BCUT2D eigenvalue weighted by molar-refractivity contribution is 5.86. The van der Waals surface area contributed by atoms with E-state index >= 15 is 0 Å². The number of hydrogen-bond donors (Lipinski definition) is 1. The molecule has 1 aliphatic rings. The van der Waals surface area contributed by atoms with Crippen molar-refractivity contribution in [3.63, 3.8) is 0 Å². The second-order valence-electron chi connectivity index (χ2n) is 5.59. The standard InChI is InChI=1S/C12H22N2O3/c1-12(2,3)14-7-5-6-13(4)11(17)9(14)8-10(15)16/h9H,5-8H2,1-4H3,(H,15,16). The lowest BCUT2D eigenvalue weighted by Crippen LogP contribution is -2.53. The lowest BCUT2D eigenvalue weighted by Gasteiger charge is -2.39. The van der Waals surface area contributed by atoms with Gasteiger partial charge in [-0.05, 0) is 27.2 Å². The van der Waals surface area contributed by atoms with Gasteiger partial charge in [0.2, 0.25) is 5.91 Å². The summed E-state index contributed by atoms with van der Waals surface area (Å²) in [6, 6.07) is -0.542. The van der Waals surface area contributed by atoms with Gasteiger partial charge in [-0.2, -0.15) is 0 Å². The second-order valence-corrected chi connectivity index (χ2v) is 5.59. The first-order chi connectivity index (χ1) is 7.73. The summed E-state index contributed by atoms with van der Waals surface area (Å²) in [4.78, 5) is 26.7. The van der Waals surface area contributed by atoms with Gasteiger partial charge in [-0.25, -0.2) is 0 Å². The summed E-state index contributed by atoms with van der Waals surface area (Å²) in [7, 11) is 1.74. The average Bonchev–Trinajstić information content (AvgIpc) is 2.29. The molecule has 1 heterocycles. The molecule has 0 radical (unpaired) electrons. The van der Waals surface area contributed by atoms with Gasteiger partial charge < -0.3 is 10.0 Å². The molecule has 1 fully saturated rings. The summed E-state index contributed by atoms with van der Waals surface area (Å²) in [5.74, 6) is -1.01. The lowest BCUT2D eigenvalue weighted by atomic mass is 10.0. The fourth-order valence-electron chi connectivity index (χ4n) is 2.30. The first-order valence-corrected chi connectivity index (χ1v) is 5.97. The van der Waals surface area contributed by atoms with Crippen LogP contribution >= 0.6 is 0 Å². The van der Waals surface area contributed by atoms with Crippen LogP contribution in [0.25, 0.3) is 0 Å². The minimum atomic E-state index is -0.923. The van der Waals surface area contributed by atoms with Crippen LogP contribution in [0.15, 0.2) is 0 Å². The molecule has 1 rings (SSSR count). The minimum Gasteiger partial charge on any atom is -0.481 e. The third kappa shape index (κ3) is 3.43. The van der Waals surface area contributed by atoms with E-state index in [1.807, 2.05) is 25.7 Å². The van der Waals surface area contributed by atoms with Crippen LogP contribution in [0, 0.1) is 0 Å². The number of nitrogens with zero attached hydrogens (tertiary/aromatic N) is 2. The zero-order valence-electron chi connectivity index (χ0n) is 11.1. The fourth-order valence-corrected chi connectivity index (χ4v) is 2.30. The first kappa shape index (κ1) is 14.0. The SMILES string of the molecule is CN1CCCN(C(C)(C)C)C(CC(=O)O)C1=O. The molecule has 0 aromatic rings. The van der Waals surface area contributed by atoms with Crippen molar-refractivity contribution < 1.29 is 14.7 Å². The van der Waals surface area contributed by atoms with E-state index in [-0.39, 0.29) is 17.9 Å². The number of carboxylic acid groups (broad SMARTS) is 1. The van der Waals surface area contributed by atoms with Crippen molar-refractivity contribution in [2.45, 2.75) is 45.2 Å². The summed E-state index contributed by atoms with van der Waals surface area (Å²) >= 11 is 0. The van der Waals surface area contributed by atoms with Gasteiger partial charge in [0.15, 0.2) is 0 Å². The number of amides is 1. The van der Waals surface area contributed by atoms with Crippen LogP contribution in [0.5, 0.6) is 0 Å². The summed E-state index contributed by atoms with van der Waals surface area (Å²) < 4.78 is 0. The molecule has 5 nitrogen and oxygen atoms in total. The van der Waals surface area contributed by atoms with Crippen molar-refractivity contribution >= 4 is 11.9 Å². The Morgan fingerprint density at radius 2 is 2.00 bits per heavy atom. The van der Waals surface area contributed by atoms with Gasteiger partial charge in [0.25, 0.3) is 0 Å². The highest BCUT2D eigenvalue weighted by Gasteiger charge is 2.37. The predicted molar refractivity (Wildman–Crippen MR) is 64.8 cm³/mol. The monoisotopic (exact) mass is 242 g/mol. The Kier molecular flexibility index (Phi) is 4.14. The normalized spacial score (nSPS) is 23.6. The van der Waals surface area contributed by atoms with Gasteiger partial charge in [0, 0.05) is 25.7 Å². The van der Waals surface area contributed by atoms with Gasteiger partial charge in [0.05, 0.1) is 6.42 Å². The topological polar surface area (TPSA) is 60.9 Å². The Morgan fingerprint density at radius 3 is 2.47 bits per heavy atom. The van der Waals surface area contributed by atoms with E-state index < -0.39 is 12.0 Å². The van der Waals surface area contributed by atoms with Gasteiger partial charge in [-0.3, -0.25) is 14.5 Å². The van der Waals surface area contributed by atoms with Crippen LogP contribution in [0.4, 0.5) is 0 Å². The molecule has 1 N–H and O–H groups in total. The zero-order chi connectivity index (χ0) is 13.2. The second kappa shape index (κ2) is 5.04. The molecular weight excluding hydrogens is 220 g/mol. The van der Waals surface area contributed by atoms with Crippen LogP contribution in [-0.2, 0) is 9.59 Å². The summed E-state index contributed by atoms with van der Waals surface area (Å²) in [6.45, 7) is 7.50. The maximum Gasteiger partial charge on any atom is 0.305 e. The molecule has 0 saturated carbocycles. The Bertz CT molecular complexity index is 309. The zero-order valence-corrected chi connectivity index (χ0v) is 11.1. The maximum absolute atomic E-state index is 12.2. The van der Waals surface area contributed by atoms with Crippen molar-refractivity contribution in [1.82, 2.24) is 9.80 Å². The highest BCUT2D eigenvalue weighted by Crippen LogP contribution is 2.23. The molecule has 1 atom stereocenters. The van der Waals surface area contributed by atoms with Crippen LogP contribution in [0.3, 0.4) is 0 Å². The molecule has 0 aromatic carbocycles. The average molecular weight is 242 g/mol. The van der Waals surface area contributed by atoms with E-state index in [9.17, 15) is 9.59 Å². The quantitative estimate of drug-likeness (QED) is 0.778. The van der Waals surface area contributed by atoms with Crippen molar-refractivity contribution in [3.8, 4) is 0 Å². The molecule has 98 valence electrons. The van der Waals surface area contributed by atoms with Gasteiger partial charge in [0.1, 0.15) is 6.04 Å². The Morgan fingerprint density at radius 1 is 1.41 bits per heavy atom. The molecule has 1 unspecified atom stereocenters. The number of carbonyl (C=O) groups excluding carboxylic acids is 1. The molecule has 1 amide bonds. The van der Waals surface area contributed by atoms with E-state index in [1.165, 1.54) is 0 Å². The van der Waals surface area contributed by atoms with Crippen LogP contribution < -0.4 is 0 Å². The van der Waals surface area contributed by atoms with Gasteiger partial charge in [-0.15, -0.1) is 0 Å². The van der Waals surface area contributed by atoms with E-state index in [0.717, 1.165) is 13.0 Å². The number of carboxylic acids is 1. The molecule has 5 heteroatoms. The van der Waals surface area contributed by atoms with Crippen LogP contribution in [0.1, 0.15) is 33.6 Å². The first-order valence-electron chi connectivity index (χ1n) is 5.97. The number of hydrogen-bond acceptors (Lipinski definition) is 3. The fraction of sp³-hybridized carbons (Fsp3) is 0.833. The van der Waals surface area contributed by atoms with Crippen molar-refractivity contribution in [2.75, 3.05) is 20.1 Å². The third-order valence-corrected chi connectivity index (χ3v) is 3.16. The summed E-state index contributed by atoms with van der Waals surface area (Å²) in [5, 5.41) is 8.95. The smallest absolute Gasteiger partial charge is 0.305 e. The van der Waals surface area contributed by atoms with E-state index in [0.29, 0.717) is 6.54 Å². The molecule has 0 aromatic heterocycles. The Balaban J connectivity index is 2.99. The van der Waals surface area contributed by atoms with E-state index in [1.54, 1.807) is 11.9 Å². The van der Waals surface area contributed by atoms with Crippen LogP contribution in [0.2, 0.25) is 0 Å². The van der Waals surface area contributed by atoms with Crippen molar-refractivity contribution in [2.24, 2.45) is 0 Å². The third-order valence-electron chi connectivity index (χ3n) is 3.16. The molecule has 1 saturated heterocycles. The minimum absolute atomic E-state index is 0.0835. The highest BCUT2D eigenvalue weighted by atomic mass is 16.4. The molecular formula is C12H22N2O3. The predicted octanol–water partition coefficient (Wildman–Crippen LogP) is 0.792. The number of likely N-dealkylation sites (N-methyl/N-ethyl adjacent to an activating group) is 1. The van der Waals surface area contributed by atoms with Crippen molar-refractivity contribution in [3.05, 3.63) is 0 Å². The summed E-state index contributed by atoms with van der Waals surface area (Å²) in [5.41, 5.74) is -0.193. The summed E-state index contributed by atoms with van der Waals surface area (Å²) in [6.07, 6.45) is 0.760. The molecule has 0 aliphatic carbocycles. The molecule has 0 bridgehead atoms. The molecule has 1 aliphatic heterocycles. The number of carbonyl (C=O) groups is 2. The lowest BCUT2D eigenvalue weighted by molar-refractivity contribution is -0.145. The Labute approximate surface area is 102 Å². The van der Waals surface area contributed by atoms with E-state index in [4.69, 9.17) is 5.11 Å². The van der Waals surface area contributed by atoms with Gasteiger partial charge in [-0.1, -0.05) is 0 Å². The molecule has 17 heavy (non-hydrogen) atoms. The van der Waals surface area contributed by atoms with Crippen molar-refractivity contribution in [1.29, 1.82) is 0 Å². The van der Waals surface area contributed by atoms with Crippen LogP contribution in [-0.4, -0.2) is 58.5 Å².